The van der Waals surface area contributed by atoms with Crippen molar-refractivity contribution in [2.45, 2.75) is 34.3 Å². The van der Waals surface area contributed by atoms with E-state index in [4.69, 9.17) is 13.8 Å². The summed E-state index contributed by atoms with van der Waals surface area (Å²) in [4.78, 5) is 11.9. The van der Waals surface area contributed by atoms with Gasteiger partial charge in [0.1, 0.15) is 5.76 Å². The molecule has 0 aromatic carbocycles. The Hall–Kier alpha value is -3.09. The highest BCUT2D eigenvalue weighted by molar-refractivity contribution is 5.87. The van der Waals surface area contributed by atoms with Crippen LogP contribution in [0.5, 0.6) is 0 Å². The number of nitrogens with zero attached hydrogens (tertiary/aromatic N) is 3. The van der Waals surface area contributed by atoms with Crippen LogP contribution in [0, 0.1) is 27.7 Å². The summed E-state index contributed by atoms with van der Waals surface area (Å²) in [5.74, 6) is 1.52. The van der Waals surface area contributed by atoms with Gasteiger partial charge in [0.15, 0.2) is 18.2 Å². The molecule has 0 atom stereocenters. The number of esters is 1. The molecule has 0 amide bonds. The molecule has 0 bridgehead atoms. The van der Waals surface area contributed by atoms with Gasteiger partial charge in [-0.15, -0.1) is 0 Å². The minimum Gasteiger partial charge on any atom is -0.454 e. The van der Waals surface area contributed by atoms with Crippen molar-refractivity contribution in [2.75, 3.05) is 0 Å². The fraction of sp³-hybridized carbons (Fsp3) is 0.278. The Kier molecular flexibility index (Phi) is 4.56. The van der Waals surface area contributed by atoms with Gasteiger partial charge >= 0.3 is 5.97 Å². The number of aryl methyl sites for hydroxylation is 3. The zero-order chi connectivity index (χ0) is 18.0. The van der Waals surface area contributed by atoms with Gasteiger partial charge in [-0.05, 0) is 45.4 Å². The highest BCUT2D eigenvalue weighted by Crippen LogP contribution is 2.21. The second-order valence-corrected chi connectivity index (χ2v) is 5.83. The van der Waals surface area contributed by atoms with Crippen LogP contribution < -0.4 is 0 Å². The number of carbonyl (C=O) groups excluding carboxylic acids is 1. The van der Waals surface area contributed by atoms with Crippen molar-refractivity contribution < 1.29 is 18.6 Å². The third-order valence-corrected chi connectivity index (χ3v) is 3.75. The summed E-state index contributed by atoms with van der Waals surface area (Å²) in [6.45, 7) is 7.64. The number of hydrogen-bond donors (Lipinski definition) is 0. The molecule has 7 heteroatoms. The number of hydrogen-bond acceptors (Lipinski definition) is 6. The van der Waals surface area contributed by atoms with E-state index in [9.17, 15) is 4.79 Å². The molecule has 130 valence electrons. The number of carbonyl (C=O) groups is 1. The second-order valence-electron chi connectivity index (χ2n) is 5.83. The Morgan fingerprint density at radius 3 is 2.60 bits per heavy atom. The summed E-state index contributed by atoms with van der Waals surface area (Å²) in [7, 11) is 0. The monoisotopic (exact) mass is 341 g/mol. The lowest BCUT2D eigenvalue weighted by Gasteiger charge is -2.03. The lowest BCUT2D eigenvalue weighted by atomic mass is 10.2. The molecule has 25 heavy (non-hydrogen) atoms. The number of rotatable bonds is 5. The average molecular weight is 341 g/mol. The van der Waals surface area contributed by atoms with Crippen LogP contribution in [0.3, 0.4) is 0 Å². The zero-order valence-corrected chi connectivity index (χ0v) is 14.6. The lowest BCUT2D eigenvalue weighted by Crippen LogP contribution is -2.00. The van der Waals surface area contributed by atoms with Gasteiger partial charge in [-0.3, -0.25) is 4.57 Å². The Labute approximate surface area is 144 Å². The van der Waals surface area contributed by atoms with Gasteiger partial charge in [-0.2, -0.15) is 0 Å². The van der Waals surface area contributed by atoms with Crippen LogP contribution in [0.4, 0.5) is 0 Å². The Balaban J connectivity index is 1.70. The van der Waals surface area contributed by atoms with Crippen molar-refractivity contribution >= 4 is 12.0 Å². The van der Waals surface area contributed by atoms with E-state index in [-0.39, 0.29) is 6.61 Å². The van der Waals surface area contributed by atoms with E-state index in [1.165, 1.54) is 6.08 Å². The predicted molar refractivity (Wildman–Crippen MR) is 90.1 cm³/mol. The molecule has 0 saturated heterocycles. The smallest absolute Gasteiger partial charge is 0.331 e. The number of aromatic nitrogens is 3. The Morgan fingerprint density at radius 1 is 1.16 bits per heavy atom. The first kappa shape index (κ1) is 16.8. The molecule has 3 aromatic heterocycles. The molecule has 0 aliphatic carbocycles. The van der Waals surface area contributed by atoms with E-state index < -0.39 is 5.97 Å². The van der Waals surface area contributed by atoms with Crippen molar-refractivity contribution in [1.82, 2.24) is 14.9 Å². The molecular weight excluding hydrogens is 322 g/mol. The zero-order valence-electron chi connectivity index (χ0n) is 14.6. The Bertz CT molecular complexity index is 930. The topological polar surface area (TPSA) is 83.3 Å². The fourth-order valence-electron chi connectivity index (χ4n) is 2.60. The average Bonchev–Trinajstić information content (AvgIpc) is 3.24. The molecule has 3 rings (SSSR count). The molecule has 0 spiro atoms. The normalized spacial score (nSPS) is 11.4. The molecule has 3 heterocycles. The van der Waals surface area contributed by atoms with Gasteiger partial charge < -0.3 is 13.8 Å². The molecule has 0 aliphatic rings. The molecule has 7 nitrogen and oxygen atoms in total. The fourth-order valence-corrected chi connectivity index (χ4v) is 2.60. The van der Waals surface area contributed by atoms with Gasteiger partial charge in [0.2, 0.25) is 0 Å². The molecule has 0 unspecified atom stereocenters. The first-order chi connectivity index (χ1) is 11.9. The van der Waals surface area contributed by atoms with Gasteiger partial charge in [-0.1, -0.05) is 10.3 Å². The minimum absolute atomic E-state index is 0.0568. The molecule has 3 aromatic rings. The van der Waals surface area contributed by atoms with Crippen molar-refractivity contribution in [2.24, 2.45) is 0 Å². The van der Waals surface area contributed by atoms with Crippen molar-refractivity contribution in [3.05, 3.63) is 58.4 Å². The van der Waals surface area contributed by atoms with Crippen molar-refractivity contribution in [1.29, 1.82) is 0 Å². The summed E-state index contributed by atoms with van der Waals surface area (Å²) < 4.78 is 17.2. The summed E-state index contributed by atoms with van der Waals surface area (Å²) in [6, 6.07) is 5.56. The summed E-state index contributed by atoms with van der Waals surface area (Å²) in [6.07, 6.45) is 3.11. The van der Waals surface area contributed by atoms with Crippen LogP contribution in [-0.4, -0.2) is 20.8 Å². The maximum absolute atomic E-state index is 11.9. The number of ether oxygens (including phenoxy) is 1. The molecule has 0 aliphatic heterocycles. The maximum atomic E-state index is 11.9. The molecule has 0 radical (unpaired) electrons. The van der Waals surface area contributed by atoms with Crippen LogP contribution >= 0.6 is 0 Å². The highest BCUT2D eigenvalue weighted by Gasteiger charge is 2.12. The molecular formula is C18H19N3O4. The maximum Gasteiger partial charge on any atom is 0.331 e. The standard InChI is InChI=1S/C18H19N3O4/c1-11-7-16(25-19-11)10-23-18(22)6-5-15-8-12(2)21(14(15)4)17-9-13(3)24-20-17/h5-9H,10H2,1-4H3/b6-5+. The minimum atomic E-state index is -0.448. The van der Waals surface area contributed by atoms with E-state index >= 15 is 0 Å². The van der Waals surface area contributed by atoms with Crippen LogP contribution in [0.15, 0.2) is 33.3 Å². The summed E-state index contributed by atoms with van der Waals surface area (Å²) >= 11 is 0. The first-order valence-electron chi connectivity index (χ1n) is 7.83. The largest absolute Gasteiger partial charge is 0.454 e. The Morgan fingerprint density at radius 2 is 1.96 bits per heavy atom. The van der Waals surface area contributed by atoms with E-state index in [0.717, 1.165) is 34.2 Å². The third kappa shape index (κ3) is 3.71. The van der Waals surface area contributed by atoms with Crippen molar-refractivity contribution in [3.8, 4) is 5.82 Å². The van der Waals surface area contributed by atoms with Crippen LogP contribution in [0.25, 0.3) is 11.9 Å². The van der Waals surface area contributed by atoms with Crippen LogP contribution in [0.2, 0.25) is 0 Å². The predicted octanol–water partition coefficient (Wildman–Crippen LogP) is 3.44. The van der Waals surface area contributed by atoms with E-state index in [0.29, 0.717) is 5.76 Å². The third-order valence-electron chi connectivity index (χ3n) is 3.75. The van der Waals surface area contributed by atoms with Gasteiger partial charge in [-0.25, -0.2) is 4.79 Å². The van der Waals surface area contributed by atoms with E-state index in [1.807, 2.05) is 37.5 Å². The van der Waals surface area contributed by atoms with Gasteiger partial charge in [0.25, 0.3) is 0 Å². The van der Waals surface area contributed by atoms with E-state index in [2.05, 4.69) is 10.3 Å². The lowest BCUT2D eigenvalue weighted by molar-refractivity contribution is -0.139. The van der Waals surface area contributed by atoms with Gasteiger partial charge in [0, 0.05) is 29.6 Å². The second kappa shape index (κ2) is 6.80. The summed E-state index contributed by atoms with van der Waals surface area (Å²) in [5, 5.41) is 7.78. The van der Waals surface area contributed by atoms with Gasteiger partial charge in [0.05, 0.1) is 5.69 Å². The van der Waals surface area contributed by atoms with Crippen LogP contribution in [0.1, 0.15) is 34.2 Å². The quantitative estimate of drug-likeness (QED) is 0.522. The molecule has 0 saturated carbocycles. The van der Waals surface area contributed by atoms with Crippen LogP contribution in [-0.2, 0) is 16.1 Å². The molecule has 0 N–H and O–H groups in total. The first-order valence-corrected chi connectivity index (χ1v) is 7.83. The van der Waals surface area contributed by atoms with E-state index in [1.54, 1.807) is 19.1 Å². The molecule has 0 fully saturated rings. The van der Waals surface area contributed by atoms with Crippen molar-refractivity contribution in [3.63, 3.8) is 0 Å². The highest BCUT2D eigenvalue weighted by atomic mass is 16.5. The summed E-state index contributed by atoms with van der Waals surface area (Å²) in [5.41, 5.74) is 3.61. The SMILES string of the molecule is Cc1cc(COC(=O)/C=C/c2cc(C)n(-c3cc(C)on3)c2C)on1.